The minimum atomic E-state index is 0.144. The smallest absolute Gasteiger partial charge is 0.185 e. The van der Waals surface area contributed by atoms with Gasteiger partial charge in [0, 0.05) is 30.1 Å². The Balaban J connectivity index is 2.91. The van der Waals surface area contributed by atoms with Crippen molar-refractivity contribution in [3.63, 3.8) is 0 Å². The molecule has 0 fully saturated rings. The molecule has 0 radical (unpaired) electrons. The maximum Gasteiger partial charge on any atom is 0.185 e. The van der Waals surface area contributed by atoms with Crippen LogP contribution in [0.25, 0.3) is 0 Å². The molecule has 122 valence electrons. The zero-order valence-corrected chi connectivity index (χ0v) is 15.7. The number of anilines is 1. The quantitative estimate of drug-likeness (QED) is 0.749. The summed E-state index contributed by atoms with van der Waals surface area (Å²) in [7, 11) is 0. The molecule has 0 aliphatic carbocycles. The van der Waals surface area contributed by atoms with Crippen LogP contribution in [0.3, 0.4) is 0 Å². The minimum absolute atomic E-state index is 0.144. The molecule has 0 amide bonds. The van der Waals surface area contributed by atoms with E-state index in [4.69, 9.17) is 4.98 Å². The molecular weight excluding hydrogens is 278 g/mol. The van der Waals surface area contributed by atoms with Crippen molar-refractivity contribution < 1.29 is 0 Å². The maximum atomic E-state index is 4.94. The van der Waals surface area contributed by atoms with Crippen LogP contribution in [0, 0.1) is 0 Å². The van der Waals surface area contributed by atoms with Gasteiger partial charge in [-0.05, 0) is 40.0 Å². The number of rotatable bonds is 8. The van der Waals surface area contributed by atoms with Crippen molar-refractivity contribution in [3.8, 4) is 0 Å². The van der Waals surface area contributed by atoms with E-state index in [0.29, 0.717) is 5.92 Å². The second-order valence-corrected chi connectivity index (χ2v) is 8.06. The molecule has 1 heterocycles. The third-order valence-corrected chi connectivity index (χ3v) is 4.61. The summed E-state index contributed by atoms with van der Waals surface area (Å²) in [6, 6.07) is 0. The Morgan fingerprint density at radius 2 is 1.90 bits per heavy atom. The zero-order valence-electron chi connectivity index (χ0n) is 14.9. The van der Waals surface area contributed by atoms with Crippen LogP contribution in [0.15, 0.2) is 0 Å². The fourth-order valence-corrected chi connectivity index (χ4v) is 3.39. The monoisotopic (exact) mass is 311 g/mol. The van der Waals surface area contributed by atoms with E-state index in [-0.39, 0.29) is 5.54 Å². The van der Waals surface area contributed by atoms with E-state index < -0.39 is 0 Å². The molecule has 3 nitrogen and oxygen atoms in total. The summed E-state index contributed by atoms with van der Waals surface area (Å²) in [5, 5.41) is 4.79. The minimum Gasteiger partial charge on any atom is -0.348 e. The Bertz CT molecular complexity index is 418. The summed E-state index contributed by atoms with van der Waals surface area (Å²) >= 11 is 1.86. The van der Waals surface area contributed by atoms with Crippen molar-refractivity contribution >= 4 is 16.5 Å². The van der Waals surface area contributed by atoms with Crippen LogP contribution in [0.4, 0.5) is 5.13 Å². The van der Waals surface area contributed by atoms with Gasteiger partial charge in [-0.15, -0.1) is 11.3 Å². The topological polar surface area (TPSA) is 28.2 Å². The lowest BCUT2D eigenvalue weighted by atomic mass is 10.1. The number of hydrogen-bond donors (Lipinski definition) is 1. The Morgan fingerprint density at radius 1 is 1.24 bits per heavy atom. The summed E-state index contributed by atoms with van der Waals surface area (Å²) in [6.45, 7) is 18.6. The maximum absolute atomic E-state index is 4.94. The van der Waals surface area contributed by atoms with E-state index in [1.165, 1.54) is 28.5 Å². The number of aromatic nitrogens is 1. The third kappa shape index (κ3) is 5.95. The summed E-state index contributed by atoms with van der Waals surface area (Å²) in [6.07, 6.45) is 2.47. The summed E-state index contributed by atoms with van der Waals surface area (Å²) in [5.41, 5.74) is 1.41. The van der Waals surface area contributed by atoms with Crippen molar-refractivity contribution in [1.29, 1.82) is 0 Å². The van der Waals surface area contributed by atoms with Gasteiger partial charge in [-0.2, -0.15) is 0 Å². The van der Waals surface area contributed by atoms with E-state index in [1.54, 1.807) is 0 Å². The van der Waals surface area contributed by atoms with E-state index >= 15 is 0 Å². The molecule has 0 aliphatic rings. The molecule has 4 heteroatoms. The second kappa shape index (κ2) is 8.14. The van der Waals surface area contributed by atoms with Crippen molar-refractivity contribution in [2.45, 2.75) is 79.3 Å². The van der Waals surface area contributed by atoms with Gasteiger partial charge in [-0.1, -0.05) is 27.2 Å². The first-order chi connectivity index (χ1) is 9.78. The van der Waals surface area contributed by atoms with Crippen LogP contribution in [-0.4, -0.2) is 23.6 Å². The van der Waals surface area contributed by atoms with Crippen molar-refractivity contribution in [2.24, 2.45) is 0 Å². The third-order valence-electron chi connectivity index (χ3n) is 3.48. The number of nitrogens with one attached hydrogen (secondary N) is 1. The van der Waals surface area contributed by atoms with Gasteiger partial charge >= 0.3 is 0 Å². The van der Waals surface area contributed by atoms with Gasteiger partial charge in [0.15, 0.2) is 5.13 Å². The fourth-order valence-electron chi connectivity index (χ4n) is 2.15. The summed E-state index contributed by atoms with van der Waals surface area (Å²) in [4.78, 5) is 8.75. The first kappa shape index (κ1) is 18.4. The van der Waals surface area contributed by atoms with E-state index in [0.717, 1.165) is 19.6 Å². The number of nitrogens with zero attached hydrogens (tertiary/aromatic N) is 2. The van der Waals surface area contributed by atoms with Gasteiger partial charge in [0.05, 0.1) is 5.69 Å². The van der Waals surface area contributed by atoms with Gasteiger partial charge in [-0.3, -0.25) is 0 Å². The largest absolute Gasteiger partial charge is 0.348 e. The van der Waals surface area contributed by atoms with Crippen molar-refractivity contribution in [1.82, 2.24) is 10.3 Å². The van der Waals surface area contributed by atoms with Crippen LogP contribution < -0.4 is 10.2 Å². The van der Waals surface area contributed by atoms with E-state index in [2.05, 4.69) is 58.7 Å². The molecule has 0 spiro atoms. The first-order valence-corrected chi connectivity index (χ1v) is 9.09. The SMILES string of the molecule is CCCCN(CC)c1nc(C(C)C)c(CNC(C)(C)C)s1. The second-order valence-electron chi connectivity index (χ2n) is 7.00. The number of hydrogen-bond acceptors (Lipinski definition) is 4. The zero-order chi connectivity index (χ0) is 16.0. The van der Waals surface area contributed by atoms with Crippen molar-refractivity contribution in [3.05, 3.63) is 10.6 Å². The molecular formula is C17H33N3S. The summed E-state index contributed by atoms with van der Waals surface area (Å²) < 4.78 is 0. The molecule has 0 aliphatic heterocycles. The highest BCUT2D eigenvalue weighted by atomic mass is 32.1. The highest BCUT2D eigenvalue weighted by Crippen LogP contribution is 2.31. The van der Waals surface area contributed by atoms with Gasteiger partial charge < -0.3 is 10.2 Å². The van der Waals surface area contributed by atoms with Crippen LogP contribution in [0.2, 0.25) is 0 Å². The molecule has 0 atom stereocenters. The molecule has 1 aromatic heterocycles. The molecule has 21 heavy (non-hydrogen) atoms. The summed E-state index contributed by atoms with van der Waals surface area (Å²) in [5.74, 6) is 0.483. The number of thiazole rings is 1. The van der Waals surface area contributed by atoms with E-state index in [1.807, 2.05) is 11.3 Å². The standard InChI is InChI=1S/C17H33N3S/c1-8-10-11-20(9-2)16-19-15(13(3)4)14(21-16)12-18-17(5,6)7/h13,18H,8-12H2,1-7H3. The van der Waals surface area contributed by atoms with Crippen LogP contribution in [0.1, 0.15) is 77.8 Å². The highest BCUT2D eigenvalue weighted by Gasteiger charge is 2.19. The molecule has 1 rings (SSSR count). The lowest BCUT2D eigenvalue weighted by molar-refractivity contribution is 0.425. The Kier molecular flexibility index (Phi) is 7.14. The molecule has 0 bridgehead atoms. The van der Waals surface area contributed by atoms with Crippen LogP contribution in [-0.2, 0) is 6.54 Å². The van der Waals surface area contributed by atoms with Gasteiger partial charge in [0.2, 0.25) is 0 Å². The van der Waals surface area contributed by atoms with E-state index in [9.17, 15) is 0 Å². The van der Waals surface area contributed by atoms with Crippen molar-refractivity contribution in [2.75, 3.05) is 18.0 Å². The molecule has 0 saturated carbocycles. The van der Waals surface area contributed by atoms with Gasteiger partial charge in [0.1, 0.15) is 0 Å². The number of unbranched alkanes of at least 4 members (excludes halogenated alkanes) is 1. The fraction of sp³-hybridized carbons (Fsp3) is 0.824. The predicted molar refractivity (Wildman–Crippen MR) is 95.6 cm³/mol. The lowest BCUT2D eigenvalue weighted by Crippen LogP contribution is -2.35. The average Bonchev–Trinajstić information content (AvgIpc) is 2.81. The van der Waals surface area contributed by atoms with Crippen LogP contribution >= 0.6 is 11.3 Å². The molecule has 0 unspecified atom stereocenters. The van der Waals surface area contributed by atoms with Gasteiger partial charge in [0.25, 0.3) is 0 Å². The molecule has 1 N–H and O–H groups in total. The molecule has 0 saturated heterocycles. The normalized spacial score (nSPS) is 12.2. The Morgan fingerprint density at radius 3 is 2.38 bits per heavy atom. The lowest BCUT2D eigenvalue weighted by Gasteiger charge is -2.20. The van der Waals surface area contributed by atoms with Crippen LogP contribution in [0.5, 0.6) is 0 Å². The Labute approximate surface area is 135 Å². The molecule has 0 aromatic carbocycles. The highest BCUT2D eigenvalue weighted by molar-refractivity contribution is 7.15. The Hall–Kier alpha value is -0.610. The molecule has 1 aromatic rings. The average molecular weight is 312 g/mol. The predicted octanol–water partition coefficient (Wildman–Crippen LogP) is 4.78. The van der Waals surface area contributed by atoms with Gasteiger partial charge in [-0.25, -0.2) is 4.98 Å². The first-order valence-electron chi connectivity index (χ1n) is 8.28.